The smallest absolute Gasteiger partial charge is 0.251 e. The Morgan fingerprint density at radius 2 is 1.54 bits per heavy atom. The van der Waals surface area contributed by atoms with Crippen LogP contribution in [0.25, 0.3) is 0 Å². The third-order valence-electron chi connectivity index (χ3n) is 10.7. The number of fused-ring (bicyclic) bond motifs is 1. The van der Waals surface area contributed by atoms with Gasteiger partial charge >= 0.3 is 0 Å². The first-order chi connectivity index (χ1) is 24.3. The standard InChI is InChI=1S/C41H48N4O4S/c1-5-25-43(27-29-15-11-9-12-16-29)38(47)35-34-23-24-41(50-34)36(35)39(48)45(33(28-46)30-17-13-10-14-18-30)37(41)40(49)44(26-6-2)32-21-19-31(20-22-32)42(7-3)8-4/h5-6,9-22,33-37,46H,1-2,7-8,23-28H2,3-4H3/t33-,34-,35+,36+,37?,41?/m1/s1. The number of aliphatic hydroxyl groups excluding tert-OH is 1. The molecule has 3 aliphatic heterocycles. The second kappa shape index (κ2) is 15.3. The fraction of sp³-hybridized carbons (Fsp3) is 0.390. The van der Waals surface area contributed by atoms with Crippen LogP contribution in [0.2, 0.25) is 0 Å². The molecule has 3 aromatic rings. The fourth-order valence-electron chi connectivity index (χ4n) is 8.45. The second-order valence-corrected chi connectivity index (χ2v) is 14.9. The van der Waals surface area contributed by atoms with E-state index in [-0.39, 0.29) is 36.1 Å². The van der Waals surface area contributed by atoms with Crippen LogP contribution in [0, 0.1) is 11.8 Å². The summed E-state index contributed by atoms with van der Waals surface area (Å²) in [5, 5.41) is 10.8. The van der Waals surface area contributed by atoms with Crippen LogP contribution in [0.1, 0.15) is 43.9 Å². The minimum Gasteiger partial charge on any atom is -0.394 e. The number of rotatable bonds is 15. The van der Waals surface area contributed by atoms with Gasteiger partial charge in [-0.05, 0) is 62.1 Å². The highest BCUT2D eigenvalue weighted by atomic mass is 32.2. The zero-order valence-electron chi connectivity index (χ0n) is 29.1. The number of hydrogen-bond donors (Lipinski definition) is 1. The Morgan fingerprint density at radius 1 is 0.920 bits per heavy atom. The number of amides is 3. The average molecular weight is 693 g/mol. The van der Waals surface area contributed by atoms with Crippen LogP contribution < -0.4 is 9.80 Å². The number of carbonyl (C=O) groups excluding carboxylic acids is 3. The molecule has 2 bridgehead atoms. The molecule has 3 heterocycles. The van der Waals surface area contributed by atoms with Gasteiger partial charge in [0.1, 0.15) is 6.04 Å². The van der Waals surface area contributed by atoms with E-state index in [4.69, 9.17) is 0 Å². The van der Waals surface area contributed by atoms with Crippen molar-refractivity contribution in [2.45, 2.75) is 55.3 Å². The molecule has 0 aromatic heterocycles. The van der Waals surface area contributed by atoms with Crippen molar-refractivity contribution in [3.63, 3.8) is 0 Å². The van der Waals surface area contributed by atoms with Gasteiger partial charge in [-0.2, -0.15) is 0 Å². The molecular weight excluding hydrogens is 645 g/mol. The molecular formula is C41H48N4O4S. The summed E-state index contributed by atoms with van der Waals surface area (Å²) >= 11 is 1.64. The lowest BCUT2D eigenvalue weighted by Gasteiger charge is -2.40. The summed E-state index contributed by atoms with van der Waals surface area (Å²) in [4.78, 5) is 52.3. The van der Waals surface area contributed by atoms with E-state index in [1.54, 1.807) is 38.6 Å². The van der Waals surface area contributed by atoms with Crippen molar-refractivity contribution in [2.75, 3.05) is 42.6 Å². The Kier molecular flexibility index (Phi) is 10.8. The molecule has 2 unspecified atom stereocenters. The van der Waals surface area contributed by atoms with E-state index in [0.717, 1.165) is 36.3 Å². The summed E-state index contributed by atoms with van der Waals surface area (Å²) in [5.74, 6) is -1.85. The summed E-state index contributed by atoms with van der Waals surface area (Å²) in [5.41, 5.74) is 3.52. The molecule has 6 atom stereocenters. The Balaban J connectivity index is 1.42. The molecule has 8 nitrogen and oxygen atoms in total. The molecule has 9 heteroatoms. The van der Waals surface area contributed by atoms with Gasteiger partial charge in [-0.25, -0.2) is 0 Å². The number of anilines is 2. The van der Waals surface area contributed by atoms with E-state index in [0.29, 0.717) is 25.2 Å². The maximum atomic E-state index is 15.2. The Bertz CT molecular complexity index is 1680. The number of thioether (sulfide) groups is 1. The van der Waals surface area contributed by atoms with Gasteiger partial charge in [0.25, 0.3) is 5.91 Å². The van der Waals surface area contributed by atoms with Crippen LogP contribution in [0.15, 0.2) is 110 Å². The number of nitrogens with zero attached hydrogens (tertiary/aromatic N) is 4. The summed E-state index contributed by atoms with van der Waals surface area (Å²) in [6.07, 6.45) is 4.79. The van der Waals surface area contributed by atoms with E-state index in [2.05, 4.69) is 31.9 Å². The predicted molar refractivity (Wildman–Crippen MR) is 202 cm³/mol. The van der Waals surface area contributed by atoms with Gasteiger partial charge in [-0.3, -0.25) is 14.4 Å². The maximum absolute atomic E-state index is 15.2. The third kappa shape index (κ3) is 6.26. The summed E-state index contributed by atoms with van der Waals surface area (Å²) < 4.78 is -0.825. The van der Waals surface area contributed by atoms with Gasteiger partial charge in [-0.1, -0.05) is 72.8 Å². The Hall–Kier alpha value is -4.34. The lowest BCUT2D eigenvalue weighted by atomic mass is 9.70. The van der Waals surface area contributed by atoms with Crippen LogP contribution in [-0.2, 0) is 20.9 Å². The molecule has 0 aliphatic carbocycles. The second-order valence-electron chi connectivity index (χ2n) is 13.3. The van der Waals surface area contributed by atoms with Crippen molar-refractivity contribution in [2.24, 2.45) is 11.8 Å². The van der Waals surface area contributed by atoms with E-state index < -0.39 is 28.7 Å². The molecule has 0 saturated carbocycles. The van der Waals surface area contributed by atoms with Crippen LogP contribution >= 0.6 is 11.8 Å². The Labute approximate surface area is 300 Å². The van der Waals surface area contributed by atoms with Crippen molar-refractivity contribution in [3.05, 3.63) is 121 Å². The number of aliphatic hydroxyl groups is 1. The summed E-state index contributed by atoms with van der Waals surface area (Å²) in [6.45, 7) is 14.5. The lowest BCUT2D eigenvalue weighted by molar-refractivity contribution is -0.145. The highest BCUT2D eigenvalue weighted by Gasteiger charge is 2.74. The van der Waals surface area contributed by atoms with Crippen molar-refractivity contribution in [3.8, 4) is 0 Å². The zero-order chi connectivity index (χ0) is 35.4. The molecule has 6 rings (SSSR count). The molecule has 3 saturated heterocycles. The van der Waals surface area contributed by atoms with Crippen LogP contribution in [0.3, 0.4) is 0 Å². The molecule has 1 N–H and O–H groups in total. The molecule has 50 heavy (non-hydrogen) atoms. The number of benzene rings is 3. The van der Waals surface area contributed by atoms with Crippen LogP contribution in [-0.4, -0.2) is 81.5 Å². The van der Waals surface area contributed by atoms with E-state index in [9.17, 15) is 9.90 Å². The van der Waals surface area contributed by atoms with Gasteiger partial charge in [0, 0.05) is 49.3 Å². The zero-order valence-corrected chi connectivity index (χ0v) is 29.9. The van der Waals surface area contributed by atoms with E-state index in [1.165, 1.54) is 0 Å². The monoisotopic (exact) mass is 692 g/mol. The summed E-state index contributed by atoms with van der Waals surface area (Å²) in [6, 6.07) is 25.5. The van der Waals surface area contributed by atoms with Gasteiger partial charge < -0.3 is 24.7 Å². The predicted octanol–water partition coefficient (Wildman–Crippen LogP) is 6.09. The molecule has 1 spiro atoms. The van der Waals surface area contributed by atoms with Gasteiger partial charge in [0.2, 0.25) is 11.8 Å². The van der Waals surface area contributed by atoms with Gasteiger partial charge in [0.15, 0.2) is 0 Å². The molecule has 3 aromatic carbocycles. The van der Waals surface area contributed by atoms with E-state index >= 15 is 9.59 Å². The van der Waals surface area contributed by atoms with E-state index in [1.807, 2.05) is 84.9 Å². The first kappa shape index (κ1) is 35.5. The fourth-order valence-corrected chi connectivity index (χ4v) is 10.6. The first-order valence-electron chi connectivity index (χ1n) is 17.7. The minimum absolute atomic E-state index is 0.0885. The number of likely N-dealkylation sites (tertiary alicyclic amines) is 1. The SMILES string of the molecule is C=CCN(Cc1ccccc1)C(=O)[C@@H]1[C@H]2C(=O)N([C@H](CO)c3ccccc3)C(C(=O)N(CC=C)c3ccc(N(CC)CC)cc3)C23CC[C@H]1S3. The molecule has 0 radical (unpaired) electrons. The van der Waals surface area contributed by atoms with Crippen molar-refractivity contribution >= 4 is 40.9 Å². The lowest BCUT2D eigenvalue weighted by Crippen LogP contribution is -2.56. The molecule has 3 amide bonds. The quantitative estimate of drug-likeness (QED) is 0.194. The Morgan fingerprint density at radius 3 is 2.14 bits per heavy atom. The normalized spacial score (nSPS) is 24.1. The average Bonchev–Trinajstić information content (AvgIpc) is 3.79. The van der Waals surface area contributed by atoms with Crippen LogP contribution in [0.4, 0.5) is 11.4 Å². The highest BCUT2D eigenvalue weighted by Crippen LogP contribution is 2.67. The number of hydrogen-bond acceptors (Lipinski definition) is 6. The minimum atomic E-state index is -0.894. The largest absolute Gasteiger partial charge is 0.394 e. The van der Waals surface area contributed by atoms with Gasteiger partial charge in [0.05, 0.1) is 29.2 Å². The van der Waals surface area contributed by atoms with Crippen LogP contribution in [0.5, 0.6) is 0 Å². The van der Waals surface area contributed by atoms with Crippen molar-refractivity contribution in [1.29, 1.82) is 0 Å². The first-order valence-corrected chi connectivity index (χ1v) is 18.6. The highest BCUT2D eigenvalue weighted by molar-refractivity contribution is 8.02. The molecule has 3 aliphatic rings. The number of carbonyl (C=O) groups is 3. The summed E-state index contributed by atoms with van der Waals surface area (Å²) in [7, 11) is 0. The van der Waals surface area contributed by atoms with Crippen molar-refractivity contribution in [1.82, 2.24) is 9.80 Å². The topological polar surface area (TPSA) is 84.4 Å². The third-order valence-corrected chi connectivity index (χ3v) is 12.6. The van der Waals surface area contributed by atoms with Crippen molar-refractivity contribution < 1.29 is 19.5 Å². The molecule has 262 valence electrons. The molecule has 3 fully saturated rings. The van der Waals surface area contributed by atoms with Gasteiger partial charge in [-0.15, -0.1) is 24.9 Å². The maximum Gasteiger partial charge on any atom is 0.251 e.